The monoisotopic (exact) mass is 359 g/mol. The Bertz CT molecular complexity index is 803. The molecule has 1 aromatic heterocycles. The van der Waals surface area contributed by atoms with E-state index >= 15 is 0 Å². The van der Waals surface area contributed by atoms with E-state index in [2.05, 4.69) is 15.5 Å². The van der Waals surface area contributed by atoms with E-state index in [1.54, 1.807) is 31.2 Å². The molecule has 0 bridgehead atoms. The van der Waals surface area contributed by atoms with Crippen LogP contribution in [0.1, 0.15) is 43.5 Å². The molecule has 1 saturated carbocycles. The molecule has 0 saturated heterocycles. The van der Waals surface area contributed by atoms with Crippen LogP contribution in [0.3, 0.4) is 0 Å². The van der Waals surface area contributed by atoms with Gasteiger partial charge in [0.1, 0.15) is 0 Å². The summed E-state index contributed by atoms with van der Waals surface area (Å²) in [7, 11) is 1.43. The Morgan fingerprint density at radius 3 is 3.00 bits per heavy atom. The van der Waals surface area contributed by atoms with Crippen LogP contribution in [0.4, 0.5) is 4.39 Å². The smallest absolute Gasteiger partial charge is 0.240 e. The first-order valence-electron chi connectivity index (χ1n) is 8.64. The highest BCUT2D eigenvalue weighted by Crippen LogP contribution is 2.28. The van der Waals surface area contributed by atoms with E-state index in [4.69, 9.17) is 9.15 Å². The average Bonchev–Trinajstić information content (AvgIpc) is 3.23. The third-order valence-electron chi connectivity index (χ3n) is 4.49. The number of halogens is 1. The Morgan fingerprint density at radius 1 is 1.38 bits per heavy atom. The van der Waals surface area contributed by atoms with Gasteiger partial charge in [0, 0.05) is 25.5 Å². The molecule has 7 heteroatoms. The van der Waals surface area contributed by atoms with Crippen LogP contribution in [-0.2, 0) is 11.2 Å². The highest BCUT2D eigenvalue weighted by atomic mass is 19.1. The number of rotatable bonds is 6. The lowest BCUT2D eigenvalue weighted by Gasteiger charge is -2.10. The molecule has 1 aliphatic rings. The predicted molar refractivity (Wildman–Crippen MR) is 94.8 cm³/mol. The van der Waals surface area contributed by atoms with Gasteiger partial charge in [-0.05, 0) is 49.0 Å². The van der Waals surface area contributed by atoms with Crippen molar-refractivity contribution in [3.8, 4) is 5.75 Å². The second kappa shape index (κ2) is 8.12. The molecule has 1 aliphatic carbocycles. The van der Waals surface area contributed by atoms with E-state index in [1.165, 1.54) is 13.2 Å². The normalized spacial score (nSPS) is 19.8. The summed E-state index contributed by atoms with van der Waals surface area (Å²) in [5.74, 6) is 1.23. The fourth-order valence-electron chi connectivity index (χ4n) is 3.29. The van der Waals surface area contributed by atoms with Crippen molar-refractivity contribution in [2.45, 2.75) is 38.6 Å². The molecule has 3 rings (SSSR count). The number of hydrogen-bond acceptors (Lipinski definition) is 5. The maximum atomic E-state index is 13.4. The molecular weight excluding hydrogens is 337 g/mol. The number of aromatic nitrogens is 2. The van der Waals surface area contributed by atoms with Crippen LogP contribution in [0.5, 0.6) is 5.75 Å². The summed E-state index contributed by atoms with van der Waals surface area (Å²) in [6.07, 6.45) is 7.12. The Kier molecular flexibility index (Phi) is 5.65. The average molecular weight is 359 g/mol. The number of benzene rings is 1. The SMILES string of the molecule is COc1cc(/C=C/c2nnc(C[C@@H]3CC[C@H](NC(C)=O)C3)o2)ccc1F. The van der Waals surface area contributed by atoms with Gasteiger partial charge >= 0.3 is 0 Å². The zero-order chi connectivity index (χ0) is 18.5. The van der Waals surface area contributed by atoms with Crippen molar-refractivity contribution in [1.82, 2.24) is 15.5 Å². The van der Waals surface area contributed by atoms with E-state index in [0.29, 0.717) is 24.1 Å². The summed E-state index contributed by atoms with van der Waals surface area (Å²) in [6.45, 7) is 1.54. The number of nitrogens with one attached hydrogen (secondary N) is 1. The molecule has 0 unspecified atom stereocenters. The van der Waals surface area contributed by atoms with Gasteiger partial charge in [0.2, 0.25) is 17.7 Å². The Balaban J connectivity index is 1.57. The molecule has 1 aromatic carbocycles. The summed E-state index contributed by atoms with van der Waals surface area (Å²) in [4.78, 5) is 11.1. The fourth-order valence-corrected chi connectivity index (χ4v) is 3.29. The number of methoxy groups -OCH3 is 1. The second-order valence-electron chi connectivity index (χ2n) is 6.54. The third-order valence-corrected chi connectivity index (χ3v) is 4.49. The standard InChI is InChI=1S/C19H22FN3O3/c1-12(24)21-15-6-3-14(9-15)11-19-23-22-18(26-19)8-5-13-4-7-16(20)17(10-13)25-2/h4-5,7-8,10,14-15H,3,6,9,11H2,1-2H3,(H,21,24)/b8-5+/t14-,15+/m1/s1. The molecule has 1 N–H and O–H groups in total. The number of carbonyl (C=O) groups is 1. The first-order chi connectivity index (χ1) is 12.5. The molecule has 6 nitrogen and oxygen atoms in total. The molecule has 26 heavy (non-hydrogen) atoms. The summed E-state index contributed by atoms with van der Waals surface area (Å²) < 4.78 is 24.0. The summed E-state index contributed by atoms with van der Waals surface area (Å²) in [6, 6.07) is 4.84. The van der Waals surface area contributed by atoms with Gasteiger partial charge in [-0.3, -0.25) is 4.79 Å². The Labute approximate surface area is 151 Å². The molecule has 2 aromatic rings. The number of amides is 1. The number of carbonyl (C=O) groups excluding carboxylic acids is 1. The van der Waals surface area contributed by atoms with Crippen LogP contribution in [0, 0.1) is 11.7 Å². The van der Waals surface area contributed by atoms with E-state index < -0.39 is 5.82 Å². The van der Waals surface area contributed by atoms with E-state index in [-0.39, 0.29) is 17.7 Å². The maximum Gasteiger partial charge on any atom is 0.240 e. The zero-order valence-electron chi connectivity index (χ0n) is 14.9. The first kappa shape index (κ1) is 18.1. The maximum absolute atomic E-state index is 13.4. The number of hydrogen-bond donors (Lipinski definition) is 1. The van der Waals surface area contributed by atoms with Crippen LogP contribution < -0.4 is 10.1 Å². The molecule has 1 fully saturated rings. The number of ether oxygens (including phenoxy) is 1. The second-order valence-corrected chi connectivity index (χ2v) is 6.54. The van der Waals surface area contributed by atoms with Gasteiger partial charge in [-0.15, -0.1) is 10.2 Å². The first-order valence-corrected chi connectivity index (χ1v) is 8.64. The Hall–Kier alpha value is -2.70. The molecular formula is C19H22FN3O3. The zero-order valence-corrected chi connectivity index (χ0v) is 14.9. The third kappa shape index (κ3) is 4.68. The molecule has 1 amide bonds. The van der Waals surface area contributed by atoms with Crippen molar-refractivity contribution >= 4 is 18.1 Å². The molecule has 1 heterocycles. The quantitative estimate of drug-likeness (QED) is 0.857. The summed E-state index contributed by atoms with van der Waals surface area (Å²) in [5, 5.41) is 11.1. The van der Waals surface area contributed by atoms with E-state index in [1.807, 2.05) is 0 Å². The van der Waals surface area contributed by atoms with Crippen LogP contribution in [0.2, 0.25) is 0 Å². The van der Waals surface area contributed by atoms with Gasteiger partial charge in [-0.25, -0.2) is 4.39 Å². The molecule has 138 valence electrons. The molecule has 2 atom stereocenters. The number of nitrogens with zero attached hydrogens (tertiary/aromatic N) is 2. The lowest BCUT2D eigenvalue weighted by molar-refractivity contribution is -0.119. The van der Waals surface area contributed by atoms with Crippen molar-refractivity contribution in [2.24, 2.45) is 5.92 Å². The fraction of sp³-hybridized carbons (Fsp3) is 0.421. The Morgan fingerprint density at radius 2 is 2.23 bits per heavy atom. The lowest BCUT2D eigenvalue weighted by Crippen LogP contribution is -2.30. The largest absolute Gasteiger partial charge is 0.494 e. The van der Waals surface area contributed by atoms with Gasteiger partial charge in [-0.2, -0.15) is 0 Å². The van der Waals surface area contributed by atoms with Crippen molar-refractivity contribution < 1.29 is 18.3 Å². The van der Waals surface area contributed by atoms with Crippen molar-refractivity contribution in [1.29, 1.82) is 0 Å². The van der Waals surface area contributed by atoms with Gasteiger partial charge in [0.15, 0.2) is 11.6 Å². The van der Waals surface area contributed by atoms with Crippen LogP contribution in [-0.4, -0.2) is 29.3 Å². The van der Waals surface area contributed by atoms with E-state index in [9.17, 15) is 9.18 Å². The topological polar surface area (TPSA) is 77.3 Å². The minimum atomic E-state index is -0.404. The van der Waals surface area contributed by atoms with Gasteiger partial charge in [0.25, 0.3) is 0 Å². The molecule has 0 spiro atoms. The van der Waals surface area contributed by atoms with Gasteiger partial charge in [-0.1, -0.05) is 6.07 Å². The van der Waals surface area contributed by atoms with Crippen LogP contribution >= 0.6 is 0 Å². The lowest BCUT2D eigenvalue weighted by atomic mass is 10.0. The minimum absolute atomic E-state index is 0.0123. The summed E-state index contributed by atoms with van der Waals surface area (Å²) >= 11 is 0. The summed E-state index contributed by atoms with van der Waals surface area (Å²) in [5.41, 5.74) is 0.775. The predicted octanol–water partition coefficient (Wildman–Crippen LogP) is 3.24. The van der Waals surface area contributed by atoms with Gasteiger partial charge in [0.05, 0.1) is 7.11 Å². The highest BCUT2D eigenvalue weighted by molar-refractivity contribution is 5.73. The minimum Gasteiger partial charge on any atom is -0.494 e. The van der Waals surface area contributed by atoms with E-state index in [0.717, 1.165) is 24.8 Å². The van der Waals surface area contributed by atoms with Crippen LogP contribution in [0.15, 0.2) is 22.6 Å². The van der Waals surface area contributed by atoms with Gasteiger partial charge < -0.3 is 14.5 Å². The van der Waals surface area contributed by atoms with Crippen molar-refractivity contribution in [3.05, 3.63) is 41.4 Å². The molecule has 0 aliphatic heterocycles. The highest BCUT2D eigenvalue weighted by Gasteiger charge is 2.26. The van der Waals surface area contributed by atoms with Crippen molar-refractivity contribution in [2.75, 3.05) is 7.11 Å². The van der Waals surface area contributed by atoms with Crippen LogP contribution in [0.25, 0.3) is 12.2 Å². The molecule has 0 radical (unpaired) electrons. The van der Waals surface area contributed by atoms with Crippen molar-refractivity contribution in [3.63, 3.8) is 0 Å².